The molecule has 0 aliphatic heterocycles. The van der Waals surface area contributed by atoms with Crippen LogP contribution in [0.4, 0.5) is 0 Å². The number of nitrogens with zero attached hydrogens (tertiary/aromatic N) is 1. The van der Waals surface area contributed by atoms with Crippen molar-refractivity contribution in [3.05, 3.63) is 10.1 Å². The summed E-state index contributed by atoms with van der Waals surface area (Å²) in [6.07, 6.45) is 0. The second-order valence-corrected chi connectivity index (χ2v) is 2.15. The molecular formula is C5H11NO4. The second-order valence-electron chi connectivity index (χ2n) is 2.15. The van der Waals surface area contributed by atoms with Gasteiger partial charge in [0.25, 0.3) is 5.09 Å². The van der Waals surface area contributed by atoms with E-state index < -0.39 is 10.9 Å². The molecule has 0 aromatic heterocycles. The van der Waals surface area contributed by atoms with Crippen LogP contribution in [0.2, 0.25) is 0 Å². The van der Waals surface area contributed by atoms with E-state index >= 15 is 0 Å². The van der Waals surface area contributed by atoms with Crippen molar-refractivity contribution in [2.75, 3.05) is 6.61 Å². The quantitative estimate of drug-likeness (QED) is 0.339. The molecule has 0 radical (unpaired) electrons. The SMILES string of the molecule is CCOC(C)(C)O[N+](=O)[O-]. The molecule has 0 aliphatic rings. The maximum absolute atomic E-state index is 9.79. The summed E-state index contributed by atoms with van der Waals surface area (Å²) in [5.41, 5.74) is 0. The predicted molar refractivity (Wildman–Crippen MR) is 33.8 cm³/mol. The predicted octanol–water partition coefficient (Wildman–Crippen LogP) is 0.967. The van der Waals surface area contributed by atoms with E-state index in [9.17, 15) is 10.1 Å². The normalized spacial score (nSPS) is 11.1. The Morgan fingerprint density at radius 2 is 2.10 bits per heavy atom. The summed E-state index contributed by atoms with van der Waals surface area (Å²) >= 11 is 0. The van der Waals surface area contributed by atoms with Crippen molar-refractivity contribution in [3.63, 3.8) is 0 Å². The van der Waals surface area contributed by atoms with Crippen LogP contribution < -0.4 is 0 Å². The van der Waals surface area contributed by atoms with Crippen molar-refractivity contribution in [3.8, 4) is 0 Å². The average Bonchev–Trinajstić information content (AvgIpc) is 1.59. The zero-order valence-electron chi connectivity index (χ0n) is 6.29. The summed E-state index contributed by atoms with van der Waals surface area (Å²) in [6.45, 7) is 5.10. The van der Waals surface area contributed by atoms with Crippen LogP contribution in [0.25, 0.3) is 0 Å². The molecule has 0 saturated heterocycles. The molecule has 0 unspecified atom stereocenters. The molecule has 0 aromatic carbocycles. The fourth-order valence-electron chi connectivity index (χ4n) is 0.553. The third-order valence-corrected chi connectivity index (χ3v) is 0.786. The average molecular weight is 149 g/mol. The zero-order valence-corrected chi connectivity index (χ0v) is 6.29. The molecule has 5 heteroatoms. The lowest BCUT2D eigenvalue weighted by Gasteiger charge is -2.20. The highest BCUT2D eigenvalue weighted by atomic mass is 17.0. The van der Waals surface area contributed by atoms with E-state index in [1.807, 2.05) is 0 Å². The Hall–Kier alpha value is -0.840. The minimum absolute atomic E-state index is 0.390. The van der Waals surface area contributed by atoms with E-state index in [1.54, 1.807) is 6.92 Å². The molecule has 0 rings (SSSR count). The van der Waals surface area contributed by atoms with Crippen LogP contribution in [-0.4, -0.2) is 17.5 Å². The summed E-state index contributed by atoms with van der Waals surface area (Å²) < 4.78 is 4.88. The van der Waals surface area contributed by atoms with Crippen molar-refractivity contribution in [1.82, 2.24) is 0 Å². The Morgan fingerprint density at radius 3 is 2.40 bits per heavy atom. The number of hydrogen-bond donors (Lipinski definition) is 0. The van der Waals surface area contributed by atoms with Crippen molar-refractivity contribution < 1.29 is 14.7 Å². The van der Waals surface area contributed by atoms with Gasteiger partial charge < -0.3 is 4.74 Å². The highest BCUT2D eigenvalue weighted by molar-refractivity contribution is 4.47. The third kappa shape index (κ3) is 4.08. The first kappa shape index (κ1) is 9.16. The fourth-order valence-corrected chi connectivity index (χ4v) is 0.553. The van der Waals surface area contributed by atoms with E-state index in [-0.39, 0.29) is 0 Å². The van der Waals surface area contributed by atoms with Gasteiger partial charge in [0.15, 0.2) is 0 Å². The molecule has 10 heavy (non-hydrogen) atoms. The Kier molecular flexibility index (Phi) is 3.08. The Morgan fingerprint density at radius 1 is 1.60 bits per heavy atom. The lowest BCUT2D eigenvalue weighted by Crippen LogP contribution is -2.30. The van der Waals surface area contributed by atoms with Crippen LogP contribution in [0.3, 0.4) is 0 Å². The standard InChI is InChI=1S/C5H11NO4/c1-4-9-5(2,3)10-6(7)8/h4H2,1-3H3. The summed E-state index contributed by atoms with van der Waals surface area (Å²) in [7, 11) is 0. The highest BCUT2D eigenvalue weighted by Crippen LogP contribution is 2.09. The van der Waals surface area contributed by atoms with Crippen LogP contribution >= 0.6 is 0 Å². The van der Waals surface area contributed by atoms with E-state index in [0.717, 1.165) is 0 Å². The van der Waals surface area contributed by atoms with Gasteiger partial charge >= 0.3 is 0 Å². The Balaban J connectivity index is 3.74. The number of hydrogen-bond acceptors (Lipinski definition) is 4. The van der Waals surface area contributed by atoms with Gasteiger partial charge in [-0.3, -0.25) is 4.84 Å². The maximum atomic E-state index is 9.79. The first-order chi connectivity index (χ1) is 4.48. The second kappa shape index (κ2) is 3.36. The largest absolute Gasteiger partial charge is 0.351 e. The molecule has 5 nitrogen and oxygen atoms in total. The van der Waals surface area contributed by atoms with Gasteiger partial charge in [-0.2, -0.15) is 0 Å². The monoisotopic (exact) mass is 149 g/mol. The zero-order chi connectivity index (χ0) is 8.20. The van der Waals surface area contributed by atoms with E-state index in [4.69, 9.17) is 4.74 Å². The molecule has 0 saturated carbocycles. The van der Waals surface area contributed by atoms with E-state index in [0.29, 0.717) is 6.61 Å². The van der Waals surface area contributed by atoms with Crippen molar-refractivity contribution >= 4 is 0 Å². The van der Waals surface area contributed by atoms with Gasteiger partial charge in [0.1, 0.15) is 0 Å². The molecule has 0 spiro atoms. The number of ether oxygens (including phenoxy) is 1. The minimum Gasteiger partial charge on any atom is -0.351 e. The molecule has 0 atom stereocenters. The first-order valence-electron chi connectivity index (χ1n) is 2.95. The molecule has 0 heterocycles. The molecule has 0 amide bonds. The van der Waals surface area contributed by atoms with Crippen LogP contribution in [0.1, 0.15) is 20.8 Å². The number of rotatable bonds is 4. The molecule has 0 fully saturated rings. The first-order valence-corrected chi connectivity index (χ1v) is 2.95. The lowest BCUT2D eigenvalue weighted by atomic mass is 10.4. The molecule has 0 N–H and O–H groups in total. The third-order valence-electron chi connectivity index (χ3n) is 0.786. The van der Waals surface area contributed by atoms with Crippen LogP contribution in [0.15, 0.2) is 0 Å². The van der Waals surface area contributed by atoms with E-state index in [1.165, 1.54) is 13.8 Å². The minimum atomic E-state index is -1.13. The van der Waals surface area contributed by atoms with Gasteiger partial charge in [0, 0.05) is 6.61 Å². The van der Waals surface area contributed by atoms with E-state index in [2.05, 4.69) is 4.84 Å². The smallest absolute Gasteiger partial charge is 0.297 e. The molecule has 0 bridgehead atoms. The van der Waals surface area contributed by atoms with Crippen LogP contribution in [0, 0.1) is 10.1 Å². The van der Waals surface area contributed by atoms with Crippen molar-refractivity contribution in [2.24, 2.45) is 0 Å². The maximum Gasteiger partial charge on any atom is 0.297 e. The van der Waals surface area contributed by atoms with Crippen molar-refractivity contribution in [2.45, 2.75) is 26.6 Å². The van der Waals surface area contributed by atoms with Gasteiger partial charge in [0.2, 0.25) is 5.79 Å². The van der Waals surface area contributed by atoms with Gasteiger partial charge in [-0.1, -0.05) is 0 Å². The van der Waals surface area contributed by atoms with Gasteiger partial charge in [-0.05, 0) is 20.8 Å². The fraction of sp³-hybridized carbons (Fsp3) is 1.00. The summed E-state index contributed by atoms with van der Waals surface area (Å²) in [5.74, 6) is -1.13. The summed E-state index contributed by atoms with van der Waals surface area (Å²) in [6, 6.07) is 0. The molecule has 0 aromatic rings. The van der Waals surface area contributed by atoms with Gasteiger partial charge in [-0.25, -0.2) is 0 Å². The summed E-state index contributed by atoms with van der Waals surface area (Å²) in [4.78, 5) is 14.0. The van der Waals surface area contributed by atoms with Gasteiger partial charge in [0.05, 0.1) is 0 Å². The molecule has 60 valence electrons. The van der Waals surface area contributed by atoms with Crippen LogP contribution in [-0.2, 0) is 9.57 Å². The molecular weight excluding hydrogens is 138 g/mol. The highest BCUT2D eigenvalue weighted by Gasteiger charge is 2.21. The Labute approximate surface area is 59.0 Å². The van der Waals surface area contributed by atoms with Crippen molar-refractivity contribution in [1.29, 1.82) is 0 Å². The lowest BCUT2D eigenvalue weighted by molar-refractivity contribution is -0.793. The topological polar surface area (TPSA) is 61.6 Å². The van der Waals surface area contributed by atoms with Gasteiger partial charge in [-0.15, -0.1) is 10.1 Å². The van der Waals surface area contributed by atoms with Crippen LogP contribution in [0.5, 0.6) is 0 Å². The molecule has 0 aliphatic carbocycles. The summed E-state index contributed by atoms with van der Waals surface area (Å²) in [5, 5.41) is 8.93. The Bertz CT molecular complexity index is 123.